The average molecular weight is 371 g/mol. The van der Waals surface area contributed by atoms with Crippen molar-refractivity contribution in [3.8, 4) is 0 Å². The summed E-state index contributed by atoms with van der Waals surface area (Å²) in [6.07, 6.45) is 6.67. The zero-order valence-electron chi connectivity index (χ0n) is 15.4. The number of fused-ring (bicyclic) bond motifs is 1. The summed E-state index contributed by atoms with van der Waals surface area (Å²) in [4.78, 5) is 17.2. The van der Waals surface area contributed by atoms with Gasteiger partial charge in [-0.2, -0.15) is 4.98 Å². The predicted molar refractivity (Wildman–Crippen MR) is 105 cm³/mol. The Hall–Kier alpha value is -1.59. The summed E-state index contributed by atoms with van der Waals surface area (Å²) >= 11 is 1.71. The number of hydrogen-bond donors (Lipinski definition) is 0. The highest BCUT2D eigenvalue weighted by molar-refractivity contribution is 7.98. The molecule has 2 aromatic rings. The molecule has 5 heteroatoms. The van der Waals surface area contributed by atoms with E-state index in [1.807, 2.05) is 4.57 Å². The Labute approximate surface area is 159 Å². The van der Waals surface area contributed by atoms with Gasteiger partial charge in [-0.3, -0.25) is 4.57 Å². The van der Waals surface area contributed by atoms with Crippen molar-refractivity contribution >= 4 is 11.8 Å². The highest BCUT2D eigenvalue weighted by atomic mass is 32.2. The van der Waals surface area contributed by atoms with Gasteiger partial charge in [0.25, 0.3) is 0 Å². The number of hydrogen-bond acceptors (Lipinski definition) is 4. The minimum Gasteiger partial charge on any atom is -0.376 e. The summed E-state index contributed by atoms with van der Waals surface area (Å²) in [5, 5.41) is 0.941. The first kappa shape index (κ1) is 17.8. The third-order valence-electron chi connectivity index (χ3n) is 5.49. The van der Waals surface area contributed by atoms with E-state index >= 15 is 0 Å². The van der Waals surface area contributed by atoms with Crippen molar-refractivity contribution in [2.24, 2.45) is 0 Å². The lowest BCUT2D eigenvalue weighted by atomic mass is 9.97. The Morgan fingerprint density at radius 2 is 2.08 bits per heavy atom. The molecule has 0 N–H and O–H groups in total. The number of ether oxygens (including phenoxy) is 1. The van der Waals surface area contributed by atoms with Gasteiger partial charge in [0.15, 0.2) is 0 Å². The van der Waals surface area contributed by atoms with Crippen LogP contribution >= 0.6 is 11.8 Å². The first-order chi connectivity index (χ1) is 12.7. The highest BCUT2D eigenvalue weighted by Crippen LogP contribution is 2.31. The summed E-state index contributed by atoms with van der Waals surface area (Å²) < 4.78 is 7.66. The molecule has 1 aromatic carbocycles. The Kier molecular flexibility index (Phi) is 5.46. The lowest BCUT2D eigenvalue weighted by Gasteiger charge is -2.24. The van der Waals surface area contributed by atoms with Gasteiger partial charge in [-0.25, -0.2) is 4.79 Å². The van der Waals surface area contributed by atoms with Gasteiger partial charge >= 0.3 is 5.69 Å². The minimum atomic E-state index is -0.103. The molecule has 4 nitrogen and oxygen atoms in total. The molecule has 0 saturated carbocycles. The van der Waals surface area contributed by atoms with E-state index in [-0.39, 0.29) is 11.8 Å². The van der Waals surface area contributed by atoms with Crippen molar-refractivity contribution in [1.82, 2.24) is 9.55 Å². The quantitative estimate of drug-likeness (QED) is 0.591. The number of rotatable bonds is 5. The molecule has 0 amide bonds. The lowest BCUT2D eigenvalue weighted by molar-refractivity contribution is 0.0947. The van der Waals surface area contributed by atoms with Crippen LogP contribution in [0.2, 0.25) is 0 Å². The van der Waals surface area contributed by atoms with E-state index < -0.39 is 0 Å². The van der Waals surface area contributed by atoms with Gasteiger partial charge in [0, 0.05) is 23.6 Å². The first-order valence-electron chi connectivity index (χ1n) is 9.64. The molecular weight excluding hydrogens is 344 g/mol. The molecule has 1 fully saturated rings. The van der Waals surface area contributed by atoms with Gasteiger partial charge in [-0.05, 0) is 56.6 Å². The maximum atomic E-state index is 12.8. The van der Waals surface area contributed by atoms with E-state index in [2.05, 4.69) is 36.2 Å². The zero-order chi connectivity index (χ0) is 17.9. The normalized spacial score (nSPS) is 19.5. The van der Waals surface area contributed by atoms with Crippen LogP contribution in [0.25, 0.3) is 0 Å². The fourth-order valence-electron chi connectivity index (χ4n) is 3.97. The number of aryl methyl sites for hydroxylation is 1. The summed E-state index contributed by atoms with van der Waals surface area (Å²) in [7, 11) is 0. The summed E-state index contributed by atoms with van der Waals surface area (Å²) in [6.45, 7) is 3.62. The van der Waals surface area contributed by atoms with Crippen LogP contribution in [0.15, 0.2) is 34.1 Å². The maximum Gasteiger partial charge on any atom is 0.348 e. The zero-order valence-corrected chi connectivity index (χ0v) is 16.2. The standard InChI is InChI=1S/C21H26N2O2S/c1-15-7-2-3-8-16(15)14-26-20-18-10-4-5-11-19(18)23(21(24)22-20)13-17-9-6-12-25-17/h2-3,7-8,17H,4-6,9-14H2,1H3. The molecule has 0 spiro atoms. The minimum absolute atomic E-state index is 0.103. The van der Waals surface area contributed by atoms with E-state index in [4.69, 9.17) is 4.74 Å². The number of thioether (sulfide) groups is 1. The van der Waals surface area contributed by atoms with Crippen LogP contribution in [0.5, 0.6) is 0 Å². The van der Waals surface area contributed by atoms with Gasteiger partial charge in [-0.1, -0.05) is 24.3 Å². The summed E-state index contributed by atoms with van der Waals surface area (Å²) in [5.74, 6) is 0.862. The van der Waals surface area contributed by atoms with Crippen molar-refractivity contribution in [3.63, 3.8) is 0 Å². The monoisotopic (exact) mass is 370 g/mol. The van der Waals surface area contributed by atoms with Gasteiger partial charge in [-0.15, -0.1) is 11.8 Å². The highest BCUT2D eigenvalue weighted by Gasteiger charge is 2.24. The molecule has 1 aliphatic heterocycles. The molecule has 4 rings (SSSR count). The maximum absolute atomic E-state index is 12.8. The molecule has 1 atom stereocenters. The molecule has 26 heavy (non-hydrogen) atoms. The largest absolute Gasteiger partial charge is 0.376 e. The van der Waals surface area contributed by atoms with Crippen LogP contribution < -0.4 is 5.69 Å². The van der Waals surface area contributed by atoms with E-state index in [1.54, 1.807) is 11.8 Å². The smallest absolute Gasteiger partial charge is 0.348 e. The van der Waals surface area contributed by atoms with Gasteiger partial charge in [0.1, 0.15) is 5.03 Å². The number of aromatic nitrogens is 2. The molecule has 2 heterocycles. The van der Waals surface area contributed by atoms with Gasteiger partial charge in [0.05, 0.1) is 12.6 Å². The second-order valence-electron chi connectivity index (χ2n) is 7.29. The topological polar surface area (TPSA) is 44.1 Å². The van der Waals surface area contributed by atoms with Crippen LogP contribution in [0.1, 0.15) is 48.1 Å². The van der Waals surface area contributed by atoms with E-state index in [9.17, 15) is 4.79 Å². The van der Waals surface area contributed by atoms with E-state index in [0.717, 1.165) is 49.5 Å². The van der Waals surface area contributed by atoms with Crippen LogP contribution in [-0.4, -0.2) is 22.3 Å². The molecule has 0 radical (unpaired) electrons. The molecule has 2 aliphatic rings. The lowest BCUT2D eigenvalue weighted by Crippen LogP contribution is -2.33. The fraction of sp³-hybridized carbons (Fsp3) is 0.524. The SMILES string of the molecule is Cc1ccccc1CSc1nc(=O)n(CC2CCCO2)c2c1CCCC2. The Morgan fingerprint density at radius 3 is 2.88 bits per heavy atom. The third kappa shape index (κ3) is 3.74. The predicted octanol–water partition coefficient (Wildman–Crippen LogP) is 3.90. The van der Waals surface area contributed by atoms with Crippen LogP contribution in [-0.2, 0) is 29.9 Å². The fourth-order valence-corrected chi connectivity index (χ4v) is 5.12. The van der Waals surface area contributed by atoms with Gasteiger partial charge in [0.2, 0.25) is 0 Å². The first-order valence-corrected chi connectivity index (χ1v) is 10.6. The van der Waals surface area contributed by atoms with Crippen molar-refractivity contribution in [2.45, 2.75) is 68.9 Å². The Bertz CT molecular complexity index is 840. The number of nitrogens with zero attached hydrogens (tertiary/aromatic N) is 2. The van der Waals surface area contributed by atoms with E-state index in [1.165, 1.54) is 28.8 Å². The molecular formula is C21H26N2O2S. The Morgan fingerprint density at radius 1 is 1.23 bits per heavy atom. The van der Waals surface area contributed by atoms with Crippen LogP contribution in [0.4, 0.5) is 0 Å². The van der Waals surface area contributed by atoms with Gasteiger partial charge < -0.3 is 4.74 Å². The second kappa shape index (κ2) is 7.97. The molecule has 0 bridgehead atoms. The number of benzene rings is 1. The van der Waals surface area contributed by atoms with E-state index in [0.29, 0.717) is 6.54 Å². The second-order valence-corrected chi connectivity index (χ2v) is 8.26. The third-order valence-corrected chi connectivity index (χ3v) is 6.55. The molecule has 138 valence electrons. The average Bonchev–Trinajstić information content (AvgIpc) is 3.17. The molecule has 1 aromatic heterocycles. The van der Waals surface area contributed by atoms with Crippen molar-refractivity contribution in [2.75, 3.05) is 6.61 Å². The summed E-state index contributed by atoms with van der Waals surface area (Å²) in [6, 6.07) is 8.44. The molecule has 1 aliphatic carbocycles. The van der Waals surface area contributed by atoms with Crippen molar-refractivity contribution < 1.29 is 4.74 Å². The van der Waals surface area contributed by atoms with Crippen LogP contribution in [0.3, 0.4) is 0 Å². The van der Waals surface area contributed by atoms with Crippen molar-refractivity contribution in [1.29, 1.82) is 0 Å². The van der Waals surface area contributed by atoms with Crippen molar-refractivity contribution in [3.05, 3.63) is 57.1 Å². The molecule has 1 saturated heterocycles. The molecule has 1 unspecified atom stereocenters. The Balaban J connectivity index is 1.62. The van der Waals surface area contributed by atoms with Crippen LogP contribution in [0, 0.1) is 6.92 Å². The summed E-state index contributed by atoms with van der Waals surface area (Å²) in [5.41, 5.74) is 5.01.